The van der Waals surface area contributed by atoms with Crippen molar-refractivity contribution in [3.8, 4) is 5.92 Å². The fourth-order valence-electron chi connectivity index (χ4n) is 1.06. The number of amides is 1. The topological polar surface area (TPSA) is 40.5 Å². The second kappa shape index (κ2) is 4.45. The molecule has 0 bridgehead atoms. The second-order valence-electron chi connectivity index (χ2n) is 2.69. The first-order valence-corrected chi connectivity index (χ1v) is 4.23. The van der Waals surface area contributed by atoms with Gasteiger partial charge < -0.3 is 0 Å². The summed E-state index contributed by atoms with van der Waals surface area (Å²) in [5, 5.41) is 9.80. The zero-order valence-electron chi connectivity index (χ0n) is 7.82. The zero-order chi connectivity index (χ0) is 10.6. The molecule has 1 aromatic carbocycles. The summed E-state index contributed by atoms with van der Waals surface area (Å²) >= 11 is 0. The third-order valence-electron chi connectivity index (χ3n) is 1.83. The molecule has 1 amide bonds. The van der Waals surface area contributed by atoms with Crippen LogP contribution in [0.15, 0.2) is 24.3 Å². The van der Waals surface area contributed by atoms with Gasteiger partial charge in [-0.3, -0.25) is 10.0 Å². The van der Waals surface area contributed by atoms with E-state index >= 15 is 0 Å². The third-order valence-corrected chi connectivity index (χ3v) is 1.83. The van der Waals surface area contributed by atoms with E-state index in [-0.39, 0.29) is 12.1 Å². The number of hydrogen-bond donors (Lipinski definition) is 1. The molecule has 0 aliphatic heterocycles. The maximum absolute atomic E-state index is 11.5. The Bertz CT molecular complexity index is 379. The summed E-state index contributed by atoms with van der Waals surface area (Å²) in [7, 11) is 0. The Kier molecular flexibility index (Phi) is 3.27. The van der Waals surface area contributed by atoms with E-state index in [1.54, 1.807) is 31.2 Å². The van der Waals surface area contributed by atoms with Gasteiger partial charge in [0.2, 0.25) is 0 Å². The van der Waals surface area contributed by atoms with Crippen molar-refractivity contribution in [1.29, 1.82) is 0 Å². The Labute approximate surface area is 82.9 Å². The van der Waals surface area contributed by atoms with Crippen LogP contribution >= 0.6 is 0 Å². The van der Waals surface area contributed by atoms with Crippen molar-refractivity contribution in [2.24, 2.45) is 0 Å². The molecule has 3 heteroatoms. The lowest BCUT2D eigenvalue weighted by Gasteiger charge is -2.12. The van der Waals surface area contributed by atoms with Gasteiger partial charge in [0.1, 0.15) is 0 Å². The van der Waals surface area contributed by atoms with E-state index in [1.165, 1.54) is 0 Å². The highest BCUT2D eigenvalue weighted by molar-refractivity contribution is 5.95. The van der Waals surface area contributed by atoms with E-state index in [1.807, 2.05) is 0 Å². The lowest BCUT2D eigenvalue weighted by Crippen LogP contribution is -2.27. The number of hydrogen-bond acceptors (Lipinski definition) is 2. The number of hydroxylamine groups is 2. The molecular weight excluding hydrogens is 178 g/mol. The van der Waals surface area contributed by atoms with Crippen LogP contribution in [0.2, 0.25) is 0 Å². The summed E-state index contributed by atoms with van der Waals surface area (Å²) in [6, 6.07) is 6.54. The molecule has 71 valence electrons. The quantitative estimate of drug-likeness (QED) is 0.434. The Balaban J connectivity index is 3.08. The maximum atomic E-state index is 11.5. The van der Waals surface area contributed by atoms with Crippen LogP contribution in [0, 0.1) is 12.3 Å². The zero-order valence-corrected chi connectivity index (χ0v) is 7.82. The van der Waals surface area contributed by atoms with Gasteiger partial charge in [-0.25, -0.2) is 5.06 Å². The van der Waals surface area contributed by atoms with Gasteiger partial charge in [-0.05, 0) is 25.5 Å². The molecule has 0 atom stereocenters. The van der Waals surface area contributed by atoms with Gasteiger partial charge in [0, 0.05) is 12.1 Å². The van der Waals surface area contributed by atoms with E-state index in [2.05, 4.69) is 5.92 Å². The molecule has 1 aromatic rings. The standard InChI is InChI=1S/C11H10NO2/c1-3-9-7-5-6-8-10(9)11(13)12(14)4-2/h5-8,14H,4H2,2H3. The Morgan fingerprint density at radius 1 is 1.57 bits per heavy atom. The fraction of sp³-hybridized carbons (Fsp3) is 0.182. The average Bonchev–Trinajstić information content (AvgIpc) is 2.26. The van der Waals surface area contributed by atoms with Crippen molar-refractivity contribution in [3.63, 3.8) is 0 Å². The van der Waals surface area contributed by atoms with Crippen LogP contribution in [0.5, 0.6) is 0 Å². The molecule has 3 nitrogen and oxygen atoms in total. The average molecular weight is 188 g/mol. The van der Waals surface area contributed by atoms with Gasteiger partial charge >= 0.3 is 0 Å². The highest BCUT2D eigenvalue weighted by Crippen LogP contribution is 2.09. The third kappa shape index (κ3) is 1.93. The summed E-state index contributed by atoms with van der Waals surface area (Å²) in [5.41, 5.74) is 0.664. The van der Waals surface area contributed by atoms with Gasteiger partial charge in [0.15, 0.2) is 0 Å². The summed E-state index contributed by atoms with van der Waals surface area (Å²) in [4.78, 5) is 11.5. The highest BCUT2D eigenvalue weighted by Gasteiger charge is 2.14. The maximum Gasteiger partial charge on any atom is 0.278 e. The second-order valence-corrected chi connectivity index (χ2v) is 2.69. The summed E-state index contributed by atoms with van der Waals surface area (Å²) in [5.74, 6) is 1.64. The Hall–Kier alpha value is -1.79. The van der Waals surface area contributed by atoms with Crippen molar-refractivity contribution < 1.29 is 10.0 Å². The van der Waals surface area contributed by atoms with Gasteiger partial charge in [-0.15, -0.1) is 0 Å². The minimum absolute atomic E-state index is 0.213. The van der Waals surface area contributed by atoms with Crippen LogP contribution in [0.4, 0.5) is 0 Å². The van der Waals surface area contributed by atoms with E-state index in [4.69, 9.17) is 6.42 Å². The van der Waals surface area contributed by atoms with Gasteiger partial charge in [0.05, 0.1) is 5.56 Å². The first kappa shape index (κ1) is 10.3. The molecule has 0 fully saturated rings. The van der Waals surface area contributed by atoms with Crippen LogP contribution < -0.4 is 0 Å². The molecule has 14 heavy (non-hydrogen) atoms. The highest BCUT2D eigenvalue weighted by atomic mass is 16.5. The molecule has 1 radical (unpaired) electrons. The van der Waals surface area contributed by atoms with Crippen LogP contribution in [-0.2, 0) is 0 Å². The SMILES string of the molecule is [C]#Cc1ccccc1C(=O)N(O)CC. The van der Waals surface area contributed by atoms with Gasteiger partial charge in [-0.1, -0.05) is 18.1 Å². The molecule has 1 N–H and O–H groups in total. The van der Waals surface area contributed by atoms with E-state index < -0.39 is 5.91 Å². The number of carbonyl (C=O) groups is 1. The van der Waals surface area contributed by atoms with Gasteiger partial charge in [0.25, 0.3) is 5.91 Å². The first-order valence-electron chi connectivity index (χ1n) is 4.23. The molecule has 1 rings (SSSR count). The van der Waals surface area contributed by atoms with Crippen LogP contribution in [0.3, 0.4) is 0 Å². The Morgan fingerprint density at radius 2 is 2.21 bits per heavy atom. The summed E-state index contributed by atoms with van der Waals surface area (Å²) in [6.45, 7) is 1.87. The van der Waals surface area contributed by atoms with Crippen molar-refractivity contribution >= 4 is 5.91 Å². The van der Waals surface area contributed by atoms with Crippen molar-refractivity contribution in [2.45, 2.75) is 6.92 Å². The number of carbonyl (C=O) groups excluding carboxylic acids is 1. The Morgan fingerprint density at radius 3 is 2.79 bits per heavy atom. The van der Waals surface area contributed by atoms with Crippen LogP contribution in [0.25, 0.3) is 0 Å². The number of benzene rings is 1. The fourth-order valence-corrected chi connectivity index (χ4v) is 1.06. The van der Waals surface area contributed by atoms with E-state index in [9.17, 15) is 10.0 Å². The van der Waals surface area contributed by atoms with Crippen molar-refractivity contribution in [3.05, 3.63) is 41.8 Å². The van der Waals surface area contributed by atoms with Crippen LogP contribution in [-0.4, -0.2) is 22.7 Å². The van der Waals surface area contributed by atoms with Crippen LogP contribution in [0.1, 0.15) is 22.8 Å². The predicted molar refractivity (Wildman–Crippen MR) is 51.2 cm³/mol. The van der Waals surface area contributed by atoms with E-state index in [0.29, 0.717) is 10.6 Å². The minimum Gasteiger partial charge on any atom is -0.286 e. The van der Waals surface area contributed by atoms with E-state index in [0.717, 1.165) is 0 Å². The smallest absolute Gasteiger partial charge is 0.278 e. The molecular formula is C11H10NO2. The van der Waals surface area contributed by atoms with Crippen molar-refractivity contribution in [2.75, 3.05) is 6.54 Å². The normalized spacial score (nSPS) is 9.21. The molecule has 0 heterocycles. The largest absolute Gasteiger partial charge is 0.286 e. The minimum atomic E-state index is -0.511. The van der Waals surface area contributed by atoms with Crippen molar-refractivity contribution in [1.82, 2.24) is 5.06 Å². The predicted octanol–water partition coefficient (Wildman–Crippen LogP) is 1.48. The molecule has 0 saturated carbocycles. The summed E-state index contributed by atoms with van der Waals surface area (Å²) in [6.07, 6.45) is 6.97. The van der Waals surface area contributed by atoms with Gasteiger partial charge in [-0.2, -0.15) is 0 Å². The lowest BCUT2D eigenvalue weighted by atomic mass is 10.1. The molecule has 0 spiro atoms. The number of nitrogens with zero attached hydrogens (tertiary/aromatic N) is 1. The lowest BCUT2D eigenvalue weighted by molar-refractivity contribution is -0.0541. The molecule has 0 unspecified atom stereocenters. The molecule has 0 aliphatic rings. The number of rotatable bonds is 2. The summed E-state index contributed by atoms with van der Waals surface area (Å²) < 4.78 is 0. The molecule has 0 aliphatic carbocycles. The molecule has 0 saturated heterocycles. The first-order chi connectivity index (χ1) is 6.70. The molecule has 0 aromatic heterocycles. The monoisotopic (exact) mass is 188 g/mol.